The number of aromatic nitrogens is 1. The van der Waals surface area contributed by atoms with Crippen LogP contribution in [0.15, 0.2) is 77.8 Å². The number of hydrogen-bond acceptors (Lipinski definition) is 5. The molecule has 0 aliphatic carbocycles. The van der Waals surface area contributed by atoms with Crippen LogP contribution in [0.3, 0.4) is 0 Å². The van der Waals surface area contributed by atoms with Crippen LogP contribution in [0.4, 0.5) is 0 Å². The lowest BCUT2D eigenvalue weighted by Crippen LogP contribution is -2.25. The normalized spacial score (nSPS) is 13.3. The van der Waals surface area contributed by atoms with E-state index in [0.29, 0.717) is 22.9 Å². The van der Waals surface area contributed by atoms with Gasteiger partial charge in [0.05, 0.1) is 22.7 Å². The Morgan fingerprint density at radius 3 is 2.28 bits per heavy atom. The maximum Gasteiger partial charge on any atom is 0.326 e. The average molecular weight is 445 g/mol. The zero-order valence-corrected chi connectivity index (χ0v) is 18.2. The van der Waals surface area contributed by atoms with Crippen molar-refractivity contribution in [3.8, 4) is 11.5 Å². The highest BCUT2D eigenvalue weighted by Gasteiger charge is 2.32. The average Bonchev–Trinajstić information content (AvgIpc) is 3.14. The van der Waals surface area contributed by atoms with Gasteiger partial charge in [0.15, 0.2) is 4.80 Å². The Labute approximate surface area is 188 Å². The van der Waals surface area contributed by atoms with E-state index in [-0.39, 0.29) is 18.4 Å². The van der Waals surface area contributed by atoms with Crippen LogP contribution in [0.2, 0.25) is 0 Å². The zero-order chi connectivity index (χ0) is 22.1. The number of fused-ring (bicyclic) bond motifs is 3. The largest absolute Gasteiger partial charge is 0.465 e. The van der Waals surface area contributed by atoms with E-state index in [1.807, 2.05) is 72.8 Å². The number of ether oxygens (including phenoxy) is 2. The second-order valence-electron chi connectivity index (χ2n) is 7.30. The molecule has 0 N–H and O–H groups in total. The van der Waals surface area contributed by atoms with Crippen LogP contribution in [0.5, 0.6) is 11.5 Å². The smallest absolute Gasteiger partial charge is 0.326 e. The lowest BCUT2D eigenvalue weighted by molar-refractivity contribution is -0.143. The number of nitrogens with zero attached hydrogens (tertiary/aromatic N) is 2. The molecule has 1 aromatic heterocycles. The second-order valence-corrected chi connectivity index (χ2v) is 8.31. The number of hydrogen-bond donors (Lipinski definition) is 0. The van der Waals surface area contributed by atoms with Crippen molar-refractivity contribution in [2.45, 2.75) is 19.4 Å². The SMILES string of the molecule is CCOC(=O)Cn1c(=NC(=O)C2c3ccccc3Oc3ccccc32)sc2ccccc21. The highest BCUT2D eigenvalue weighted by molar-refractivity contribution is 7.16. The predicted octanol–water partition coefficient (Wildman–Crippen LogP) is 4.63. The van der Waals surface area contributed by atoms with E-state index >= 15 is 0 Å². The molecule has 2 heterocycles. The van der Waals surface area contributed by atoms with E-state index in [9.17, 15) is 9.59 Å². The van der Waals surface area contributed by atoms with E-state index in [1.165, 1.54) is 11.3 Å². The molecule has 4 aromatic rings. The quantitative estimate of drug-likeness (QED) is 0.430. The number of esters is 1. The molecule has 0 radical (unpaired) electrons. The lowest BCUT2D eigenvalue weighted by Gasteiger charge is -2.25. The van der Waals surface area contributed by atoms with Gasteiger partial charge in [0.25, 0.3) is 5.91 Å². The molecule has 1 aliphatic rings. The van der Waals surface area contributed by atoms with Gasteiger partial charge in [-0.15, -0.1) is 0 Å². The fourth-order valence-electron chi connectivity index (χ4n) is 3.93. The summed E-state index contributed by atoms with van der Waals surface area (Å²) in [4.78, 5) is 30.8. The Morgan fingerprint density at radius 1 is 0.969 bits per heavy atom. The number of benzene rings is 3. The second kappa shape index (κ2) is 8.43. The van der Waals surface area contributed by atoms with Crippen molar-refractivity contribution in [3.05, 3.63) is 88.7 Å². The first-order chi connectivity index (χ1) is 15.7. The van der Waals surface area contributed by atoms with Crippen molar-refractivity contribution in [1.82, 2.24) is 4.57 Å². The molecule has 5 rings (SSSR count). The van der Waals surface area contributed by atoms with Crippen LogP contribution in [0.1, 0.15) is 24.0 Å². The zero-order valence-electron chi connectivity index (χ0n) is 17.4. The molecule has 0 atom stereocenters. The molecule has 0 saturated carbocycles. The molecule has 1 amide bonds. The molecule has 0 bridgehead atoms. The van der Waals surface area contributed by atoms with Crippen molar-refractivity contribution < 1.29 is 19.1 Å². The number of rotatable bonds is 4. The van der Waals surface area contributed by atoms with Crippen molar-refractivity contribution >= 4 is 33.4 Å². The Balaban J connectivity index is 1.64. The van der Waals surface area contributed by atoms with Crippen molar-refractivity contribution in [2.24, 2.45) is 4.99 Å². The number of carbonyl (C=O) groups excluding carboxylic acids is 2. The summed E-state index contributed by atoms with van der Waals surface area (Å²) in [5, 5.41) is 0. The summed E-state index contributed by atoms with van der Waals surface area (Å²) >= 11 is 1.38. The van der Waals surface area contributed by atoms with E-state index in [2.05, 4.69) is 4.99 Å². The summed E-state index contributed by atoms with van der Waals surface area (Å²) in [5.74, 6) is 0.0347. The van der Waals surface area contributed by atoms with E-state index < -0.39 is 5.92 Å². The number of carbonyl (C=O) groups is 2. The lowest BCUT2D eigenvalue weighted by atomic mass is 9.87. The maximum atomic E-state index is 13.6. The van der Waals surface area contributed by atoms with Crippen molar-refractivity contribution in [3.63, 3.8) is 0 Å². The van der Waals surface area contributed by atoms with Gasteiger partial charge in [-0.1, -0.05) is 59.9 Å². The summed E-state index contributed by atoms with van der Waals surface area (Å²) in [6.45, 7) is 2.05. The Kier molecular flexibility index (Phi) is 5.33. The molecule has 0 unspecified atom stereocenters. The molecule has 7 heteroatoms. The molecule has 0 saturated heterocycles. The summed E-state index contributed by atoms with van der Waals surface area (Å²) < 4.78 is 13.8. The summed E-state index contributed by atoms with van der Waals surface area (Å²) in [7, 11) is 0. The van der Waals surface area contributed by atoms with Gasteiger partial charge >= 0.3 is 5.97 Å². The van der Waals surface area contributed by atoms with Crippen LogP contribution in [-0.4, -0.2) is 23.1 Å². The van der Waals surface area contributed by atoms with Crippen LogP contribution >= 0.6 is 11.3 Å². The van der Waals surface area contributed by atoms with E-state index in [1.54, 1.807) is 11.5 Å². The first-order valence-corrected chi connectivity index (χ1v) is 11.2. The maximum absolute atomic E-state index is 13.6. The third-order valence-electron chi connectivity index (χ3n) is 5.31. The van der Waals surface area contributed by atoms with E-state index in [4.69, 9.17) is 9.47 Å². The van der Waals surface area contributed by atoms with Crippen LogP contribution in [0.25, 0.3) is 10.2 Å². The van der Waals surface area contributed by atoms with Gasteiger partial charge in [-0.3, -0.25) is 9.59 Å². The topological polar surface area (TPSA) is 69.9 Å². The minimum Gasteiger partial charge on any atom is -0.465 e. The molecule has 32 heavy (non-hydrogen) atoms. The third kappa shape index (κ3) is 3.61. The Hall–Kier alpha value is -3.71. The molecule has 160 valence electrons. The van der Waals surface area contributed by atoms with Crippen LogP contribution in [0, 0.1) is 0 Å². The molecule has 1 aliphatic heterocycles. The fourth-order valence-corrected chi connectivity index (χ4v) is 4.96. The first-order valence-electron chi connectivity index (χ1n) is 10.3. The van der Waals surface area contributed by atoms with E-state index in [0.717, 1.165) is 21.3 Å². The van der Waals surface area contributed by atoms with Gasteiger partial charge in [0.2, 0.25) is 0 Å². The van der Waals surface area contributed by atoms with Crippen LogP contribution in [-0.2, 0) is 20.9 Å². The van der Waals surface area contributed by atoms with Gasteiger partial charge < -0.3 is 14.0 Å². The summed E-state index contributed by atoms with van der Waals surface area (Å²) in [6.07, 6.45) is 0. The van der Waals surface area contributed by atoms with Crippen molar-refractivity contribution in [1.29, 1.82) is 0 Å². The number of amides is 1. The van der Waals surface area contributed by atoms with Gasteiger partial charge in [0, 0.05) is 11.1 Å². The highest BCUT2D eigenvalue weighted by atomic mass is 32.1. The van der Waals surface area contributed by atoms with Gasteiger partial charge in [-0.25, -0.2) is 0 Å². The summed E-state index contributed by atoms with van der Waals surface area (Å²) in [6, 6.07) is 22.7. The molecular weight excluding hydrogens is 424 g/mol. The fraction of sp³-hybridized carbons (Fsp3) is 0.160. The Morgan fingerprint density at radius 2 is 1.59 bits per heavy atom. The first kappa shape index (κ1) is 20.2. The molecule has 3 aromatic carbocycles. The number of para-hydroxylation sites is 3. The third-order valence-corrected chi connectivity index (χ3v) is 6.37. The number of thiazole rings is 1. The minimum atomic E-state index is -0.586. The summed E-state index contributed by atoms with van der Waals surface area (Å²) in [5.41, 5.74) is 2.39. The van der Waals surface area contributed by atoms with Crippen molar-refractivity contribution in [2.75, 3.05) is 6.61 Å². The molecular formula is C25H20N2O4S. The van der Waals surface area contributed by atoms with Gasteiger partial charge in [-0.05, 0) is 31.2 Å². The molecule has 0 fully saturated rings. The predicted molar refractivity (Wildman–Crippen MR) is 122 cm³/mol. The van der Waals surface area contributed by atoms with Gasteiger partial charge in [0.1, 0.15) is 18.0 Å². The molecule has 6 nitrogen and oxygen atoms in total. The standard InChI is InChI=1S/C25H20N2O4S/c1-2-30-22(28)15-27-18-11-5-8-14-21(18)32-25(27)26-24(29)23-16-9-3-6-12-19(16)31-20-13-7-4-10-17(20)23/h3-14,23H,2,15H2,1H3. The Bertz CT molecular complexity index is 1360. The monoisotopic (exact) mass is 444 g/mol. The highest BCUT2D eigenvalue weighted by Crippen LogP contribution is 2.44. The molecule has 0 spiro atoms. The van der Waals surface area contributed by atoms with Gasteiger partial charge in [-0.2, -0.15) is 4.99 Å². The minimum absolute atomic E-state index is 0.00901. The van der Waals surface area contributed by atoms with Crippen LogP contribution < -0.4 is 9.54 Å².